The molecule has 1 aliphatic heterocycles. The first-order valence-corrected chi connectivity index (χ1v) is 9.52. The molecule has 3 amide bonds. The van der Waals surface area contributed by atoms with E-state index in [0.29, 0.717) is 13.0 Å². The van der Waals surface area contributed by atoms with Gasteiger partial charge in [-0.05, 0) is 33.9 Å². The van der Waals surface area contributed by atoms with Crippen LogP contribution in [0.1, 0.15) is 27.2 Å². The molecule has 104 valence electrons. The van der Waals surface area contributed by atoms with E-state index in [1.54, 1.807) is 0 Å². The monoisotopic (exact) mass is 290 g/mol. The van der Waals surface area contributed by atoms with Crippen LogP contribution < -0.4 is 5.32 Å². The van der Waals surface area contributed by atoms with Crippen LogP contribution in [0, 0.1) is 0 Å². The summed E-state index contributed by atoms with van der Waals surface area (Å²) < 4.78 is 7.02. The second-order valence-corrected chi connectivity index (χ2v) is 11.4. The minimum absolute atomic E-state index is 0.155. The predicted octanol–water partition coefficient (Wildman–Crippen LogP) is 2.11. The molecule has 0 aliphatic carbocycles. The summed E-state index contributed by atoms with van der Waals surface area (Å²) in [5, 5.41) is 2.79. The number of nitrogens with zero attached hydrogens (tertiary/aromatic N) is 1. The van der Waals surface area contributed by atoms with Crippen molar-refractivity contribution in [2.75, 3.05) is 6.61 Å². The number of hydrogen-bond acceptors (Lipinski definition) is 3. The van der Waals surface area contributed by atoms with Crippen LogP contribution >= 0.6 is 9.39 Å². The summed E-state index contributed by atoms with van der Waals surface area (Å²) in [5.41, 5.74) is 0. The summed E-state index contributed by atoms with van der Waals surface area (Å²) in [5.74, 6) is -0.205. The van der Waals surface area contributed by atoms with Crippen molar-refractivity contribution in [3.63, 3.8) is 0 Å². The SMILES string of the molecule is CC(C)(C)[Si](C)(C)OCCC1NC(=O)N(P)C1=O. The molecule has 5 nitrogen and oxygen atoms in total. The molecule has 0 aromatic rings. The highest BCUT2D eigenvalue weighted by Crippen LogP contribution is 2.36. The zero-order chi connectivity index (χ0) is 14.1. The number of imide groups is 1. The lowest BCUT2D eigenvalue weighted by Gasteiger charge is -2.36. The van der Waals surface area contributed by atoms with E-state index in [1.165, 1.54) is 0 Å². The normalized spacial score (nSPS) is 21.4. The van der Waals surface area contributed by atoms with Gasteiger partial charge in [0.2, 0.25) is 0 Å². The second kappa shape index (κ2) is 5.27. The third-order valence-electron chi connectivity index (χ3n) is 3.73. The molecular formula is C11H23N2O3PSi. The van der Waals surface area contributed by atoms with Crippen LogP contribution in [0.15, 0.2) is 0 Å². The van der Waals surface area contributed by atoms with Gasteiger partial charge in [0.1, 0.15) is 6.04 Å². The predicted molar refractivity (Wildman–Crippen MR) is 76.6 cm³/mol. The second-order valence-electron chi connectivity index (χ2n) is 6.11. The van der Waals surface area contributed by atoms with E-state index in [-0.39, 0.29) is 17.0 Å². The summed E-state index contributed by atoms with van der Waals surface area (Å²) in [4.78, 5) is 22.9. The van der Waals surface area contributed by atoms with Gasteiger partial charge in [0, 0.05) is 6.61 Å². The van der Waals surface area contributed by atoms with Crippen LogP contribution in [0.5, 0.6) is 0 Å². The lowest BCUT2D eigenvalue weighted by Crippen LogP contribution is -2.42. The number of urea groups is 1. The van der Waals surface area contributed by atoms with Gasteiger partial charge in [-0.3, -0.25) is 4.79 Å². The Morgan fingerprint density at radius 2 is 1.94 bits per heavy atom. The fourth-order valence-electron chi connectivity index (χ4n) is 1.39. The molecule has 1 rings (SSSR count). The highest BCUT2D eigenvalue weighted by atomic mass is 31.0. The Hall–Kier alpha value is -0.453. The van der Waals surface area contributed by atoms with Crippen LogP contribution in [0.25, 0.3) is 0 Å². The molecule has 1 N–H and O–H groups in total. The molecule has 1 aliphatic rings. The van der Waals surface area contributed by atoms with E-state index in [9.17, 15) is 9.59 Å². The molecule has 0 radical (unpaired) electrons. The summed E-state index contributed by atoms with van der Waals surface area (Å²) in [6.07, 6.45) is 0.530. The van der Waals surface area contributed by atoms with Gasteiger partial charge >= 0.3 is 6.03 Å². The lowest BCUT2D eigenvalue weighted by atomic mass is 10.2. The van der Waals surface area contributed by atoms with E-state index < -0.39 is 14.4 Å². The van der Waals surface area contributed by atoms with Crippen LogP contribution in [0.3, 0.4) is 0 Å². The largest absolute Gasteiger partial charge is 0.417 e. The van der Waals surface area contributed by atoms with Crippen molar-refractivity contribution < 1.29 is 14.0 Å². The molecule has 7 heteroatoms. The number of carbonyl (C=O) groups excluding carboxylic acids is 2. The topological polar surface area (TPSA) is 58.6 Å². The average molecular weight is 290 g/mol. The number of hydrogen-bond donors (Lipinski definition) is 1. The Bertz CT molecular complexity index is 355. The molecule has 2 unspecified atom stereocenters. The molecule has 0 saturated carbocycles. The van der Waals surface area contributed by atoms with Crippen molar-refractivity contribution >= 4 is 29.6 Å². The molecule has 2 atom stereocenters. The van der Waals surface area contributed by atoms with Gasteiger partial charge in [-0.15, -0.1) is 0 Å². The Balaban J connectivity index is 2.44. The molecule has 1 heterocycles. The Morgan fingerprint density at radius 1 is 1.39 bits per heavy atom. The zero-order valence-corrected chi connectivity index (χ0v) is 13.9. The lowest BCUT2D eigenvalue weighted by molar-refractivity contribution is -0.124. The molecule has 0 aromatic heterocycles. The fraction of sp³-hybridized carbons (Fsp3) is 0.818. The molecular weight excluding hydrogens is 267 g/mol. The minimum atomic E-state index is -1.78. The Labute approximate surface area is 112 Å². The van der Waals surface area contributed by atoms with Crippen molar-refractivity contribution in [2.24, 2.45) is 0 Å². The van der Waals surface area contributed by atoms with Gasteiger partial charge in [0.25, 0.3) is 5.91 Å². The third-order valence-corrected chi connectivity index (χ3v) is 8.75. The number of rotatable bonds is 4. The maximum atomic E-state index is 11.6. The van der Waals surface area contributed by atoms with Gasteiger partial charge < -0.3 is 9.74 Å². The van der Waals surface area contributed by atoms with Crippen LogP contribution in [0.4, 0.5) is 4.79 Å². The summed E-state index contributed by atoms with van der Waals surface area (Å²) >= 11 is 0. The summed E-state index contributed by atoms with van der Waals surface area (Å²) in [6, 6.07) is -0.804. The van der Waals surface area contributed by atoms with E-state index in [2.05, 4.69) is 48.6 Å². The Morgan fingerprint density at radius 3 is 2.33 bits per heavy atom. The minimum Gasteiger partial charge on any atom is -0.417 e. The smallest absolute Gasteiger partial charge is 0.327 e. The molecule has 1 fully saturated rings. The molecule has 18 heavy (non-hydrogen) atoms. The van der Waals surface area contributed by atoms with Crippen LogP contribution in [0.2, 0.25) is 18.1 Å². The van der Waals surface area contributed by atoms with Crippen molar-refractivity contribution in [1.29, 1.82) is 0 Å². The quantitative estimate of drug-likeness (QED) is 0.490. The van der Waals surface area contributed by atoms with E-state index in [0.717, 1.165) is 4.67 Å². The van der Waals surface area contributed by atoms with Crippen LogP contribution in [-0.2, 0) is 9.22 Å². The van der Waals surface area contributed by atoms with Gasteiger partial charge in [-0.25, -0.2) is 9.46 Å². The number of amides is 3. The van der Waals surface area contributed by atoms with E-state index in [4.69, 9.17) is 4.43 Å². The van der Waals surface area contributed by atoms with Crippen molar-refractivity contribution in [3.05, 3.63) is 0 Å². The van der Waals surface area contributed by atoms with Crippen LogP contribution in [-0.4, -0.2) is 37.6 Å². The maximum absolute atomic E-state index is 11.6. The molecule has 0 spiro atoms. The first-order valence-electron chi connectivity index (χ1n) is 6.09. The van der Waals surface area contributed by atoms with Crippen molar-refractivity contribution in [1.82, 2.24) is 9.99 Å². The van der Waals surface area contributed by atoms with Gasteiger partial charge in [0.05, 0.1) is 0 Å². The zero-order valence-electron chi connectivity index (χ0n) is 11.7. The summed E-state index contributed by atoms with van der Waals surface area (Å²) in [6.45, 7) is 11.4. The van der Waals surface area contributed by atoms with Gasteiger partial charge in [0.15, 0.2) is 8.32 Å². The number of carbonyl (C=O) groups is 2. The number of nitrogens with one attached hydrogen (secondary N) is 1. The standard InChI is InChI=1S/C11H23N2O3PSi/c1-11(2,3)18(4,5)16-7-6-8-9(14)13(17)10(15)12-8/h8H,6-7,17H2,1-5H3,(H,12,15). The maximum Gasteiger partial charge on any atom is 0.327 e. The average Bonchev–Trinajstić information content (AvgIpc) is 2.44. The highest BCUT2D eigenvalue weighted by molar-refractivity contribution is 7.16. The van der Waals surface area contributed by atoms with E-state index >= 15 is 0 Å². The highest BCUT2D eigenvalue weighted by Gasteiger charge is 2.39. The third kappa shape index (κ3) is 3.31. The molecule has 1 saturated heterocycles. The van der Waals surface area contributed by atoms with Gasteiger partial charge in [-0.1, -0.05) is 20.8 Å². The summed E-state index contributed by atoms with van der Waals surface area (Å²) in [7, 11) is 0.348. The molecule has 0 aromatic carbocycles. The van der Waals surface area contributed by atoms with Crippen molar-refractivity contribution in [3.8, 4) is 0 Å². The van der Waals surface area contributed by atoms with Crippen molar-refractivity contribution in [2.45, 2.75) is 51.4 Å². The fourth-order valence-corrected chi connectivity index (χ4v) is 2.71. The Kier molecular flexibility index (Phi) is 4.57. The molecule has 0 bridgehead atoms. The van der Waals surface area contributed by atoms with Gasteiger partial charge in [-0.2, -0.15) is 0 Å². The first kappa shape index (κ1) is 15.6. The first-order chi connectivity index (χ1) is 8.06. The van der Waals surface area contributed by atoms with E-state index in [1.807, 2.05) is 0 Å².